The lowest BCUT2D eigenvalue weighted by Crippen LogP contribution is -2.55. The molecule has 0 bridgehead atoms. The number of hydrogen-bond donors (Lipinski definition) is 0. The summed E-state index contributed by atoms with van der Waals surface area (Å²) in [7, 11) is 0. The predicted octanol–water partition coefficient (Wildman–Crippen LogP) is 26.3. The molecule has 2 aliphatic rings. The number of nitrogens with zero attached hydrogens (tertiary/aromatic N) is 4. The molecule has 0 saturated heterocycles. The van der Waals surface area contributed by atoms with Crippen LogP contribution in [-0.4, -0.2) is 93.6 Å². The van der Waals surface area contributed by atoms with Gasteiger partial charge in [0.2, 0.25) is 0 Å². The van der Waals surface area contributed by atoms with E-state index in [4.69, 9.17) is 37.9 Å². The first-order chi connectivity index (χ1) is 65.8. The van der Waals surface area contributed by atoms with Gasteiger partial charge in [0.1, 0.15) is 81.1 Å². The molecule has 716 valence electrons. The Labute approximate surface area is 802 Å². The molecule has 0 aliphatic carbocycles. The highest BCUT2D eigenvalue weighted by atomic mass is 19.4. The third kappa shape index (κ3) is 19.6. The zero-order valence-corrected chi connectivity index (χ0v) is 79.6. The Morgan fingerprint density at radius 1 is 0.300 bits per heavy atom. The number of halogens is 6. The van der Waals surface area contributed by atoms with Gasteiger partial charge in [0, 0.05) is 91.7 Å². The molecule has 140 heavy (non-hydrogen) atoms. The minimum Gasteiger partial charge on any atom is -0.456 e. The monoisotopic (exact) mass is 1900 g/mol. The molecular formula is C112H98F6N4O18. The highest BCUT2D eigenvalue weighted by Crippen LogP contribution is 2.60. The summed E-state index contributed by atoms with van der Waals surface area (Å²) in [5, 5.41) is -1.64. The Bertz CT molecular complexity index is 6620. The Balaban J connectivity index is 1.12. The number of imide groups is 2. The van der Waals surface area contributed by atoms with Crippen LogP contribution in [-0.2, 0) is 50.4 Å². The lowest BCUT2D eigenvalue weighted by molar-refractivity contribution is -0.152. The molecule has 2 atom stereocenters. The van der Waals surface area contributed by atoms with E-state index in [0.29, 0.717) is 32.1 Å². The van der Waals surface area contributed by atoms with Gasteiger partial charge in [0.05, 0.1) is 57.8 Å². The van der Waals surface area contributed by atoms with Crippen molar-refractivity contribution in [2.24, 2.45) is 0 Å². The number of amides is 6. The van der Waals surface area contributed by atoms with Crippen molar-refractivity contribution in [3.05, 3.63) is 312 Å². The van der Waals surface area contributed by atoms with Crippen LogP contribution < -0.4 is 47.7 Å². The second kappa shape index (κ2) is 37.1. The van der Waals surface area contributed by atoms with E-state index in [1.54, 1.807) is 76.2 Å². The van der Waals surface area contributed by atoms with Gasteiger partial charge >= 0.3 is 36.2 Å². The Morgan fingerprint density at radius 2 is 0.514 bits per heavy atom. The van der Waals surface area contributed by atoms with Gasteiger partial charge < -0.3 is 37.9 Å². The third-order valence-electron chi connectivity index (χ3n) is 24.3. The van der Waals surface area contributed by atoms with E-state index < -0.39 is 141 Å². The molecule has 28 heteroatoms. The van der Waals surface area contributed by atoms with Gasteiger partial charge in [-0.25, -0.2) is 19.2 Å². The summed E-state index contributed by atoms with van der Waals surface area (Å²) in [6.07, 6.45) is -12.1. The second-order valence-corrected chi connectivity index (χ2v) is 38.5. The molecule has 2 heterocycles. The molecular weight excluding hydrogens is 1800 g/mol. The summed E-state index contributed by atoms with van der Waals surface area (Å²) in [5.74, 6) is -15.6. The summed E-state index contributed by atoms with van der Waals surface area (Å²) in [4.78, 5) is 156. The Hall–Kier alpha value is -16.0. The van der Waals surface area contributed by atoms with Crippen LogP contribution in [0.2, 0.25) is 0 Å². The van der Waals surface area contributed by atoms with Gasteiger partial charge in [-0.2, -0.15) is 26.3 Å². The molecule has 0 radical (unpaired) electrons. The highest BCUT2D eigenvalue weighted by Gasteiger charge is 2.52. The molecule has 22 nitrogen and oxygen atoms in total. The van der Waals surface area contributed by atoms with E-state index in [1.165, 1.54) is 97.1 Å². The quantitative estimate of drug-likeness (QED) is 0.00928. The lowest BCUT2D eigenvalue weighted by Gasteiger charge is -2.38. The first-order valence-corrected chi connectivity index (χ1v) is 44.6. The van der Waals surface area contributed by atoms with Crippen molar-refractivity contribution in [1.29, 1.82) is 0 Å². The van der Waals surface area contributed by atoms with Crippen molar-refractivity contribution in [3.63, 3.8) is 0 Å². The van der Waals surface area contributed by atoms with Crippen LogP contribution in [0.25, 0.3) is 43.1 Å². The molecule has 0 fully saturated rings. The minimum atomic E-state index is -5.45. The van der Waals surface area contributed by atoms with E-state index in [-0.39, 0.29) is 145 Å². The van der Waals surface area contributed by atoms with Crippen LogP contribution in [0.3, 0.4) is 0 Å². The number of hydrogen-bond acceptors (Lipinski definition) is 18. The van der Waals surface area contributed by atoms with Gasteiger partial charge in [-0.1, -0.05) is 182 Å². The molecule has 15 rings (SSSR count). The number of carbonyl (C=O) groups excluding carboxylic acids is 10. The molecule has 2 aliphatic heterocycles. The third-order valence-corrected chi connectivity index (χ3v) is 24.3. The number of aryl methyl sites for hydroxylation is 4. The first-order valence-electron chi connectivity index (χ1n) is 44.6. The minimum absolute atomic E-state index is 0.0655. The fraction of sp³-hybridized carbons (Fsp3) is 0.232. The van der Waals surface area contributed by atoms with E-state index in [1.807, 2.05) is 107 Å². The summed E-state index contributed by atoms with van der Waals surface area (Å²) in [6, 6.07) is 39.7. The van der Waals surface area contributed by atoms with Gasteiger partial charge in [0.25, 0.3) is 35.4 Å². The topological polar surface area (TPSA) is 258 Å². The lowest BCUT2D eigenvalue weighted by atomic mass is 9.80. The summed E-state index contributed by atoms with van der Waals surface area (Å²) in [6.45, 7) is 44.4. The van der Waals surface area contributed by atoms with Crippen LogP contribution >= 0.6 is 0 Å². The number of anilines is 4. The molecule has 0 spiro atoms. The van der Waals surface area contributed by atoms with Gasteiger partial charge in [0.15, 0.2) is 0 Å². The molecule has 13 aromatic rings. The van der Waals surface area contributed by atoms with Gasteiger partial charge in [-0.3, -0.25) is 48.4 Å². The van der Waals surface area contributed by atoms with Crippen LogP contribution in [0.15, 0.2) is 245 Å². The maximum absolute atomic E-state index is 17.2. The van der Waals surface area contributed by atoms with Gasteiger partial charge in [-0.05, 0) is 191 Å². The molecule has 0 aromatic heterocycles. The maximum atomic E-state index is 17.2. The fourth-order valence-electron chi connectivity index (χ4n) is 17.3. The highest BCUT2D eigenvalue weighted by molar-refractivity contribution is 6.45. The van der Waals surface area contributed by atoms with E-state index in [0.717, 1.165) is 70.8 Å². The van der Waals surface area contributed by atoms with Crippen LogP contribution in [0.1, 0.15) is 182 Å². The maximum Gasteiger partial charge on any atom is 0.391 e. The summed E-state index contributed by atoms with van der Waals surface area (Å²) >= 11 is 0. The number of fused-ring (bicyclic) bond motifs is 2. The van der Waals surface area contributed by atoms with Crippen molar-refractivity contribution >= 4 is 125 Å². The van der Waals surface area contributed by atoms with Crippen molar-refractivity contribution in [3.8, 4) is 69.0 Å². The standard InChI is InChI=1S/C112H98F6N4O18/c1-21-89(123)133-71-33-25-29-67(49-71)119(68-30-26-34-72(50-68)134-90(124)22-2)105(131)79(57-111(113,114)115)121-101(127)75-53-85(137-81-41-37-63(45-59(81)5)107(9,10)11)95-97-87(139-83-43-39-65(47-61(83)7)109(15,16)17)55-77-94-78(104(130)122(103(77)129)80(58-112(116,117)118)106(132)120(69-31-27-35-73(51-69)135-91(125)23-3)70-32-28-36-74(52-70)136-92(126)24-4)56-88(140-84-44-40-66(48-62(84)8)110(18,19)20)98(100(94)97)96-86(54-76(102(121)128)93(75)99(95)96)138-82-42-38-64(46-60(82)6)108(12,13)14/h21-56,79-80H,1-4,57-58H2,5-20H3. The number of alkyl halides is 6. The second-order valence-electron chi connectivity index (χ2n) is 38.5. The largest absolute Gasteiger partial charge is 0.456 e. The van der Waals surface area contributed by atoms with Crippen molar-refractivity contribution in [2.45, 2.75) is 170 Å². The number of ether oxygens (including phenoxy) is 8. The first kappa shape index (κ1) is 98.5. The Kier molecular flexibility index (Phi) is 26.1. The summed E-state index contributed by atoms with van der Waals surface area (Å²) < 4.78 is 150. The predicted molar refractivity (Wildman–Crippen MR) is 521 cm³/mol. The normalized spacial score (nSPS) is 13.4. The van der Waals surface area contributed by atoms with E-state index in [9.17, 15) is 19.2 Å². The zero-order valence-electron chi connectivity index (χ0n) is 79.6. The Morgan fingerprint density at radius 3 is 0.700 bits per heavy atom. The molecule has 13 aromatic carbocycles. The van der Waals surface area contributed by atoms with Crippen LogP contribution in [0.5, 0.6) is 69.0 Å². The van der Waals surface area contributed by atoms with Crippen molar-refractivity contribution in [2.75, 3.05) is 9.80 Å². The zero-order chi connectivity index (χ0) is 102. The van der Waals surface area contributed by atoms with E-state index in [2.05, 4.69) is 26.3 Å². The van der Waals surface area contributed by atoms with Gasteiger partial charge in [-0.15, -0.1) is 0 Å². The molecule has 2 unspecified atom stereocenters. The van der Waals surface area contributed by atoms with E-state index >= 15 is 55.1 Å². The average molecular weight is 1900 g/mol. The summed E-state index contributed by atoms with van der Waals surface area (Å²) in [5.41, 5.74) is -0.720. The number of carbonyl (C=O) groups is 10. The molecule has 0 saturated carbocycles. The SMILES string of the molecule is C=CC(=O)Oc1cccc(N(C(=O)C(CC(F)(F)F)N2C(=O)c3cc(Oc4ccc(C(C)(C)C)cc4C)c4c5c(Oc6ccc(C(C)(C)C)cc6C)cc6c7c(cc(Oc8ccc(C(C)(C)C)cc8C)c(c8c(Oc9ccc(C(C)(C)C)cc9C)cc(c3c48)C2=O)c75)C(=O)N(C(CC(F)(F)F)C(=O)N(c2cccc(OC(=O)C=C)c2)c2cccc(OC(=O)C=C)c2)C6=O)c2cccc(OC(=O)C=C)c2)c1. The number of benzene rings is 13. The van der Waals surface area contributed by atoms with Crippen LogP contribution in [0.4, 0.5) is 49.1 Å². The van der Waals surface area contributed by atoms with Crippen molar-refractivity contribution in [1.82, 2.24) is 9.80 Å². The average Bonchev–Trinajstić information content (AvgIpc) is 0.667. The number of rotatable bonds is 26. The smallest absolute Gasteiger partial charge is 0.391 e. The fourth-order valence-corrected chi connectivity index (χ4v) is 17.3. The molecule has 0 N–H and O–H groups in total. The van der Waals surface area contributed by atoms with Crippen LogP contribution in [0, 0.1) is 27.7 Å². The molecule has 6 amide bonds. The number of esters is 4. The van der Waals surface area contributed by atoms with Crippen molar-refractivity contribution < 1.29 is 112 Å².